The predicted octanol–water partition coefficient (Wildman–Crippen LogP) is 2.81. The second-order valence-corrected chi connectivity index (χ2v) is 5.45. The molecule has 0 aromatic carbocycles. The number of hydrogen-bond acceptors (Lipinski definition) is 4. The standard InChI is InChI=1S/C13H20ClN3O/c14-11-6-5-10(15)12(17-11)16-9-13(18)7-3-1-2-4-8-13/h5-6,18H,1-4,7-9,15H2,(H,16,17). The fourth-order valence-corrected chi connectivity index (χ4v) is 2.55. The molecule has 0 amide bonds. The van der Waals surface area contributed by atoms with Crippen molar-refractivity contribution in [3.63, 3.8) is 0 Å². The molecule has 0 aliphatic heterocycles. The molecule has 0 radical (unpaired) electrons. The highest BCUT2D eigenvalue weighted by atomic mass is 35.5. The van der Waals surface area contributed by atoms with Gasteiger partial charge in [0, 0.05) is 6.54 Å². The van der Waals surface area contributed by atoms with Crippen LogP contribution in [0.2, 0.25) is 5.15 Å². The summed E-state index contributed by atoms with van der Waals surface area (Å²) in [5.41, 5.74) is 5.72. The van der Waals surface area contributed by atoms with Crippen molar-refractivity contribution in [3.05, 3.63) is 17.3 Å². The van der Waals surface area contributed by atoms with Crippen LogP contribution in [-0.2, 0) is 0 Å². The molecule has 1 aliphatic rings. The van der Waals surface area contributed by atoms with E-state index in [-0.39, 0.29) is 0 Å². The Kier molecular flexibility index (Phi) is 4.30. The number of nitrogens with one attached hydrogen (secondary N) is 1. The van der Waals surface area contributed by atoms with Gasteiger partial charge in [0.05, 0.1) is 11.3 Å². The van der Waals surface area contributed by atoms with Gasteiger partial charge in [-0.25, -0.2) is 4.98 Å². The fraction of sp³-hybridized carbons (Fsp3) is 0.615. The van der Waals surface area contributed by atoms with E-state index in [0.29, 0.717) is 23.2 Å². The Morgan fingerprint density at radius 3 is 2.61 bits per heavy atom. The first kappa shape index (κ1) is 13.4. The number of aliphatic hydroxyl groups is 1. The molecule has 0 bridgehead atoms. The highest BCUT2D eigenvalue weighted by molar-refractivity contribution is 6.29. The second-order valence-electron chi connectivity index (χ2n) is 5.06. The third-order valence-electron chi connectivity index (χ3n) is 3.51. The molecule has 4 nitrogen and oxygen atoms in total. The Morgan fingerprint density at radius 2 is 1.94 bits per heavy atom. The summed E-state index contributed by atoms with van der Waals surface area (Å²) in [6, 6.07) is 3.37. The average Bonchev–Trinajstić information content (AvgIpc) is 2.56. The number of nitrogens with two attached hydrogens (primary N) is 1. The van der Waals surface area contributed by atoms with Gasteiger partial charge in [-0.2, -0.15) is 0 Å². The lowest BCUT2D eigenvalue weighted by molar-refractivity contribution is 0.0381. The van der Waals surface area contributed by atoms with Gasteiger partial charge in [-0.05, 0) is 25.0 Å². The molecule has 18 heavy (non-hydrogen) atoms. The maximum absolute atomic E-state index is 10.5. The second kappa shape index (κ2) is 5.76. The number of nitrogen functional groups attached to an aromatic ring is 1. The molecule has 2 rings (SSSR count). The van der Waals surface area contributed by atoms with E-state index in [9.17, 15) is 5.11 Å². The molecule has 0 unspecified atom stereocenters. The lowest BCUT2D eigenvalue weighted by Crippen LogP contribution is -2.36. The molecule has 5 heteroatoms. The molecule has 1 aromatic rings. The molecular formula is C13H20ClN3O. The van der Waals surface area contributed by atoms with Crippen molar-refractivity contribution in [2.24, 2.45) is 0 Å². The minimum absolute atomic E-state index is 0.402. The van der Waals surface area contributed by atoms with E-state index in [4.69, 9.17) is 17.3 Å². The molecule has 1 aliphatic carbocycles. The summed E-state index contributed by atoms with van der Waals surface area (Å²) in [4.78, 5) is 4.13. The van der Waals surface area contributed by atoms with Crippen LogP contribution < -0.4 is 11.1 Å². The van der Waals surface area contributed by atoms with Crippen molar-refractivity contribution in [3.8, 4) is 0 Å². The van der Waals surface area contributed by atoms with E-state index >= 15 is 0 Å². The van der Waals surface area contributed by atoms with Crippen molar-refractivity contribution in [2.45, 2.75) is 44.1 Å². The SMILES string of the molecule is Nc1ccc(Cl)nc1NCC1(O)CCCCCC1. The summed E-state index contributed by atoms with van der Waals surface area (Å²) in [6.07, 6.45) is 6.24. The number of halogens is 1. The van der Waals surface area contributed by atoms with Crippen molar-refractivity contribution in [1.82, 2.24) is 4.98 Å². The third kappa shape index (κ3) is 3.50. The first-order chi connectivity index (χ1) is 8.59. The lowest BCUT2D eigenvalue weighted by atomic mass is 9.94. The van der Waals surface area contributed by atoms with Crippen molar-refractivity contribution < 1.29 is 5.11 Å². The van der Waals surface area contributed by atoms with Crippen LogP contribution in [0.15, 0.2) is 12.1 Å². The summed E-state index contributed by atoms with van der Waals surface area (Å²) < 4.78 is 0. The first-order valence-electron chi connectivity index (χ1n) is 6.47. The third-order valence-corrected chi connectivity index (χ3v) is 3.72. The molecular weight excluding hydrogens is 250 g/mol. The zero-order chi connectivity index (χ0) is 13.0. The summed E-state index contributed by atoms with van der Waals surface area (Å²) in [5, 5.41) is 14.0. The molecule has 1 saturated carbocycles. The maximum Gasteiger partial charge on any atom is 0.151 e. The van der Waals surface area contributed by atoms with E-state index in [1.54, 1.807) is 12.1 Å². The van der Waals surface area contributed by atoms with Crippen molar-refractivity contribution in [1.29, 1.82) is 0 Å². The van der Waals surface area contributed by atoms with Gasteiger partial charge >= 0.3 is 0 Å². The topological polar surface area (TPSA) is 71.2 Å². The predicted molar refractivity (Wildman–Crippen MR) is 74.8 cm³/mol. The average molecular weight is 270 g/mol. The summed E-state index contributed by atoms with van der Waals surface area (Å²) in [5.74, 6) is 0.556. The van der Waals surface area contributed by atoms with E-state index in [1.807, 2.05) is 0 Å². The van der Waals surface area contributed by atoms with Crippen LogP contribution in [0.5, 0.6) is 0 Å². The van der Waals surface area contributed by atoms with Crippen LogP contribution in [0.1, 0.15) is 38.5 Å². The highest BCUT2D eigenvalue weighted by Crippen LogP contribution is 2.28. The highest BCUT2D eigenvalue weighted by Gasteiger charge is 2.27. The van der Waals surface area contributed by atoms with Gasteiger partial charge in [0.1, 0.15) is 5.15 Å². The minimum Gasteiger partial charge on any atom is -0.396 e. The van der Waals surface area contributed by atoms with Gasteiger partial charge in [0.2, 0.25) is 0 Å². The Morgan fingerprint density at radius 1 is 1.28 bits per heavy atom. The summed E-state index contributed by atoms with van der Waals surface area (Å²) in [7, 11) is 0. The van der Waals surface area contributed by atoms with Crippen LogP contribution in [0.4, 0.5) is 11.5 Å². The molecule has 1 fully saturated rings. The Balaban J connectivity index is 1.99. The quantitative estimate of drug-likeness (QED) is 0.583. The van der Waals surface area contributed by atoms with Gasteiger partial charge < -0.3 is 16.2 Å². The van der Waals surface area contributed by atoms with Gasteiger partial charge in [0.25, 0.3) is 0 Å². The molecule has 0 spiro atoms. The maximum atomic E-state index is 10.5. The Bertz CT molecular complexity index is 403. The normalized spacial score (nSPS) is 19.2. The number of anilines is 2. The van der Waals surface area contributed by atoms with Crippen LogP contribution in [0, 0.1) is 0 Å². The zero-order valence-electron chi connectivity index (χ0n) is 10.5. The monoisotopic (exact) mass is 269 g/mol. The van der Waals surface area contributed by atoms with E-state index < -0.39 is 5.60 Å². The Labute approximate surface area is 113 Å². The lowest BCUT2D eigenvalue weighted by Gasteiger charge is -2.27. The molecule has 100 valence electrons. The van der Waals surface area contributed by atoms with Crippen LogP contribution in [0.3, 0.4) is 0 Å². The molecule has 1 heterocycles. The molecule has 0 atom stereocenters. The first-order valence-corrected chi connectivity index (χ1v) is 6.85. The van der Waals surface area contributed by atoms with Gasteiger partial charge in [0.15, 0.2) is 5.82 Å². The van der Waals surface area contributed by atoms with E-state index in [1.165, 1.54) is 12.8 Å². The zero-order valence-corrected chi connectivity index (χ0v) is 11.2. The number of hydrogen-bond donors (Lipinski definition) is 3. The smallest absolute Gasteiger partial charge is 0.151 e. The largest absolute Gasteiger partial charge is 0.396 e. The summed E-state index contributed by atoms with van der Waals surface area (Å²) >= 11 is 5.83. The van der Waals surface area contributed by atoms with E-state index in [2.05, 4.69) is 10.3 Å². The van der Waals surface area contributed by atoms with Crippen LogP contribution in [0.25, 0.3) is 0 Å². The van der Waals surface area contributed by atoms with Gasteiger partial charge in [-0.15, -0.1) is 0 Å². The van der Waals surface area contributed by atoms with Crippen molar-refractivity contribution in [2.75, 3.05) is 17.6 Å². The number of pyridine rings is 1. The van der Waals surface area contributed by atoms with Gasteiger partial charge in [-0.1, -0.05) is 37.3 Å². The number of rotatable bonds is 3. The van der Waals surface area contributed by atoms with Crippen LogP contribution in [-0.4, -0.2) is 22.2 Å². The van der Waals surface area contributed by atoms with Gasteiger partial charge in [-0.3, -0.25) is 0 Å². The van der Waals surface area contributed by atoms with Crippen molar-refractivity contribution >= 4 is 23.1 Å². The van der Waals surface area contributed by atoms with Crippen LogP contribution >= 0.6 is 11.6 Å². The number of nitrogens with zero attached hydrogens (tertiary/aromatic N) is 1. The molecule has 1 aromatic heterocycles. The number of aromatic nitrogens is 1. The Hall–Kier alpha value is -1.00. The van der Waals surface area contributed by atoms with E-state index in [0.717, 1.165) is 25.7 Å². The minimum atomic E-state index is -0.646. The molecule has 4 N–H and O–H groups in total. The fourth-order valence-electron chi connectivity index (χ4n) is 2.40. The molecule has 0 saturated heterocycles. The summed E-state index contributed by atoms with van der Waals surface area (Å²) in [6.45, 7) is 0.477.